The molecule has 0 unspecified atom stereocenters. The third kappa shape index (κ3) is 4.94. The second kappa shape index (κ2) is 10.3. The lowest BCUT2D eigenvalue weighted by Crippen LogP contribution is -2.40. The van der Waals surface area contributed by atoms with Crippen molar-refractivity contribution in [1.29, 1.82) is 0 Å². The fourth-order valence-corrected chi connectivity index (χ4v) is 5.55. The zero-order valence-corrected chi connectivity index (χ0v) is 21.5. The van der Waals surface area contributed by atoms with Crippen molar-refractivity contribution in [1.82, 2.24) is 9.80 Å². The van der Waals surface area contributed by atoms with Crippen LogP contribution in [0.2, 0.25) is 0 Å². The number of benzene rings is 3. The van der Waals surface area contributed by atoms with Gasteiger partial charge in [0.2, 0.25) is 5.91 Å². The molecule has 182 valence electrons. The highest BCUT2D eigenvalue weighted by Crippen LogP contribution is 2.34. The van der Waals surface area contributed by atoms with Crippen LogP contribution in [0, 0.1) is 0 Å². The number of imide groups is 1. The number of rotatable bonds is 5. The minimum atomic E-state index is -0.486. The van der Waals surface area contributed by atoms with Crippen molar-refractivity contribution >= 4 is 67.6 Å². The Morgan fingerprint density at radius 1 is 1.00 bits per heavy atom. The maximum Gasteiger partial charge on any atom is 0.344 e. The van der Waals surface area contributed by atoms with Crippen molar-refractivity contribution in [3.8, 4) is 5.75 Å². The number of esters is 1. The molecule has 0 spiro atoms. The maximum absolute atomic E-state index is 12.9. The number of hydrogen-bond donors (Lipinski definition) is 0. The summed E-state index contributed by atoms with van der Waals surface area (Å²) in [5, 5.41) is 1.28. The van der Waals surface area contributed by atoms with Crippen molar-refractivity contribution in [2.45, 2.75) is 12.8 Å². The summed E-state index contributed by atoms with van der Waals surface area (Å²) in [6.07, 6.45) is 3.47. The molecule has 7 nitrogen and oxygen atoms in total. The fraction of sp³-hybridized carbons (Fsp3) is 0.185. The molecule has 0 aromatic heterocycles. The van der Waals surface area contributed by atoms with Crippen LogP contribution >= 0.6 is 27.7 Å². The Bertz CT molecular complexity index is 1430. The molecule has 0 N–H and O–H groups in total. The van der Waals surface area contributed by atoms with Gasteiger partial charge in [0.1, 0.15) is 12.3 Å². The first-order chi connectivity index (χ1) is 17.4. The predicted molar refractivity (Wildman–Crippen MR) is 142 cm³/mol. The number of thioether (sulfide) groups is 1. The van der Waals surface area contributed by atoms with Gasteiger partial charge >= 0.3 is 5.97 Å². The third-order valence-corrected chi connectivity index (χ3v) is 7.62. The molecule has 3 aromatic carbocycles. The molecular weight excluding hydrogens is 544 g/mol. The van der Waals surface area contributed by atoms with Gasteiger partial charge in [-0.3, -0.25) is 19.3 Å². The Balaban J connectivity index is 1.30. The molecule has 2 fully saturated rings. The van der Waals surface area contributed by atoms with Crippen LogP contribution in [-0.2, 0) is 9.59 Å². The lowest BCUT2D eigenvalue weighted by Gasteiger charge is -2.18. The molecule has 9 heteroatoms. The highest BCUT2D eigenvalue weighted by Gasteiger charge is 2.37. The van der Waals surface area contributed by atoms with Gasteiger partial charge in [0.05, 0.1) is 14.9 Å². The number of hydrogen-bond acceptors (Lipinski definition) is 6. The van der Waals surface area contributed by atoms with Crippen LogP contribution in [0.5, 0.6) is 5.75 Å². The largest absolute Gasteiger partial charge is 0.422 e. The second-order valence-electron chi connectivity index (χ2n) is 8.46. The summed E-state index contributed by atoms with van der Waals surface area (Å²) < 4.78 is 6.15. The number of carbonyl (C=O) groups is 4. The zero-order valence-electron chi connectivity index (χ0n) is 19.1. The van der Waals surface area contributed by atoms with Crippen molar-refractivity contribution in [2.75, 3.05) is 19.6 Å². The minimum absolute atomic E-state index is 0.212. The molecule has 0 bridgehead atoms. The summed E-state index contributed by atoms with van der Waals surface area (Å²) in [5.41, 5.74) is 1.10. The quantitative estimate of drug-likeness (QED) is 0.232. The average molecular weight is 565 g/mol. The van der Waals surface area contributed by atoms with E-state index in [0.717, 1.165) is 40.3 Å². The number of halogens is 1. The summed E-state index contributed by atoms with van der Waals surface area (Å²) in [6, 6.07) is 18.1. The van der Waals surface area contributed by atoms with E-state index in [1.54, 1.807) is 35.2 Å². The van der Waals surface area contributed by atoms with Crippen LogP contribution in [-0.4, -0.2) is 52.5 Å². The summed E-state index contributed by atoms with van der Waals surface area (Å²) >= 11 is 4.24. The monoisotopic (exact) mass is 564 g/mol. The summed E-state index contributed by atoms with van der Waals surface area (Å²) in [7, 11) is 0. The molecule has 2 aliphatic rings. The van der Waals surface area contributed by atoms with Crippen LogP contribution in [0.4, 0.5) is 4.79 Å². The summed E-state index contributed by atoms with van der Waals surface area (Å²) in [4.78, 5) is 53.4. The first kappa shape index (κ1) is 24.3. The molecule has 2 aliphatic heterocycles. The van der Waals surface area contributed by atoms with Gasteiger partial charge in [0.25, 0.3) is 11.1 Å². The number of nitrogens with zero attached hydrogens (tertiary/aromatic N) is 2. The van der Waals surface area contributed by atoms with Crippen LogP contribution in [0.15, 0.2) is 70.0 Å². The van der Waals surface area contributed by atoms with E-state index >= 15 is 0 Å². The highest BCUT2D eigenvalue weighted by molar-refractivity contribution is 9.10. The van der Waals surface area contributed by atoms with E-state index in [2.05, 4.69) is 15.9 Å². The number of amides is 3. The molecular formula is C27H21BrN2O5S. The van der Waals surface area contributed by atoms with Crippen molar-refractivity contribution < 1.29 is 23.9 Å². The standard InChI is InChI=1S/C27H21BrN2O5S/c28-21-14-17(15-23-25(32)30(27(34)36-23)16-24(31)29-12-3-4-13-29)10-11-22(21)35-26(33)20-9-5-7-18-6-1-2-8-19(18)20/h1-2,5-11,14-15H,3-4,12-13,16H2/b23-15-. The van der Waals surface area contributed by atoms with E-state index < -0.39 is 17.1 Å². The summed E-state index contributed by atoms with van der Waals surface area (Å²) in [5.74, 6) is -0.852. The smallest absolute Gasteiger partial charge is 0.344 e. The zero-order chi connectivity index (χ0) is 25.2. The molecule has 2 heterocycles. The second-order valence-corrected chi connectivity index (χ2v) is 10.3. The SMILES string of the molecule is O=C(Oc1ccc(/C=C2\SC(=O)N(CC(=O)N3CCCC3)C2=O)cc1Br)c1cccc2ccccc12. The molecule has 3 aromatic rings. The number of fused-ring (bicyclic) bond motifs is 1. The Morgan fingerprint density at radius 3 is 2.53 bits per heavy atom. The van der Waals surface area contributed by atoms with Crippen molar-refractivity contribution in [3.63, 3.8) is 0 Å². The lowest BCUT2D eigenvalue weighted by molar-refractivity contribution is -0.135. The Morgan fingerprint density at radius 2 is 1.75 bits per heavy atom. The number of carbonyl (C=O) groups excluding carboxylic acids is 4. The van der Waals surface area contributed by atoms with E-state index in [1.807, 2.05) is 36.4 Å². The number of ether oxygens (including phenoxy) is 1. The molecule has 0 radical (unpaired) electrons. The Labute approximate surface area is 220 Å². The molecule has 5 rings (SSSR count). The Hall–Kier alpha value is -3.43. The van der Waals surface area contributed by atoms with Gasteiger partial charge in [0, 0.05) is 13.1 Å². The third-order valence-electron chi connectivity index (χ3n) is 6.09. The van der Waals surface area contributed by atoms with Gasteiger partial charge < -0.3 is 9.64 Å². The molecule has 0 aliphatic carbocycles. The molecule has 2 saturated heterocycles. The first-order valence-electron chi connectivity index (χ1n) is 11.4. The normalized spacial score (nSPS) is 16.9. The van der Waals surface area contributed by atoms with E-state index in [9.17, 15) is 19.2 Å². The van der Waals surface area contributed by atoms with Crippen LogP contribution in [0.1, 0.15) is 28.8 Å². The molecule has 0 atom stereocenters. The van der Waals surface area contributed by atoms with Crippen molar-refractivity contribution in [2.24, 2.45) is 0 Å². The van der Waals surface area contributed by atoms with Gasteiger partial charge in [-0.15, -0.1) is 0 Å². The minimum Gasteiger partial charge on any atom is -0.422 e. The van der Waals surface area contributed by atoms with Crippen LogP contribution in [0.3, 0.4) is 0 Å². The van der Waals surface area contributed by atoms with Gasteiger partial charge in [-0.05, 0) is 81.1 Å². The van der Waals surface area contributed by atoms with E-state index in [0.29, 0.717) is 34.4 Å². The van der Waals surface area contributed by atoms with Gasteiger partial charge in [-0.1, -0.05) is 42.5 Å². The predicted octanol–water partition coefficient (Wildman–Crippen LogP) is 5.48. The van der Waals surface area contributed by atoms with Crippen molar-refractivity contribution in [3.05, 3.63) is 81.2 Å². The number of likely N-dealkylation sites (tertiary alicyclic amines) is 1. The highest BCUT2D eigenvalue weighted by atomic mass is 79.9. The first-order valence-corrected chi connectivity index (χ1v) is 13.0. The summed E-state index contributed by atoms with van der Waals surface area (Å²) in [6.45, 7) is 1.08. The van der Waals surface area contributed by atoms with Gasteiger partial charge in [-0.25, -0.2) is 4.79 Å². The molecule has 3 amide bonds. The van der Waals surface area contributed by atoms with Crippen LogP contribution < -0.4 is 4.74 Å². The average Bonchev–Trinajstić information content (AvgIpc) is 3.50. The van der Waals surface area contributed by atoms with E-state index in [4.69, 9.17) is 4.74 Å². The van der Waals surface area contributed by atoms with E-state index in [1.165, 1.54) is 0 Å². The van der Waals surface area contributed by atoms with Crippen LogP contribution in [0.25, 0.3) is 16.8 Å². The lowest BCUT2D eigenvalue weighted by atomic mass is 10.0. The topological polar surface area (TPSA) is 84.0 Å². The maximum atomic E-state index is 12.9. The van der Waals surface area contributed by atoms with Gasteiger partial charge in [0.15, 0.2) is 0 Å². The Kier molecular flexibility index (Phi) is 6.93. The molecule has 36 heavy (non-hydrogen) atoms. The molecule has 0 saturated carbocycles. The fourth-order valence-electron chi connectivity index (χ4n) is 4.24. The van der Waals surface area contributed by atoms with Gasteiger partial charge in [-0.2, -0.15) is 0 Å². The van der Waals surface area contributed by atoms with E-state index in [-0.39, 0.29) is 17.4 Å².